The molecule has 4 rings (SSSR count). The van der Waals surface area contributed by atoms with Crippen molar-refractivity contribution < 1.29 is 0 Å². The molecule has 0 spiro atoms. The maximum absolute atomic E-state index is 4.53. The first-order valence-corrected chi connectivity index (χ1v) is 9.40. The van der Waals surface area contributed by atoms with Crippen LogP contribution in [0.4, 0.5) is 0 Å². The normalized spacial score (nSPS) is 18.3. The lowest BCUT2D eigenvalue weighted by Crippen LogP contribution is -2.36. The highest BCUT2D eigenvalue weighted by molar-refractivity contribution is 5.15. The topological polar surface area (TPSA) is 51.8 Å². The summed E-state index contributed by atoms with van der Waals surface area (Å²) >= 11 is 0. The Morgan fingerprint density at radius 1 is 1.15 bits per heavy atom. The third kappa shape index (κ3) is 3.85. The molecule has 1 saturated heterocycles. The number of aromatic nitrogens is 5. The van der Waals surface area contributed by atoms with Crippen molar-refractivity contribution in [1.29, 1.82) is 0 Å². The van der Waals surface area contributed by atoms with Gasteiger partial charge >= 0.3 is 0 Å². The van der Waals surface area contributed by atoms with Gasteiger partial charge in [-0.15, -0.1) is 10.2 Å². The van der Waals surface area contributed by atoms with E-state index in [9.17, 15) is 0 Å². The Balaban J connectivity index is 1.39. The van der Waals surface area contributed by atoms with Gasteiger partial charge in [-0.05, 0) is 31.4 Å². The second-order valence-electron chi connectivity index (χ2n) is 7.14. The van der Waals surface area contributed by atoms with Gasteiger partial charge in [0, 0.05) is 38.4 Å². The van der Waals surface area contributed by atoms with Crippen LogP contribution in [0.25, 0.3) is 0 Å². The SMILES string of the molecule is Cn1c(Cn2ccnc2)nnc1[C@@H]1CCCN(CCc2ccccc2)C1. The van der Waals surface area contributed by atoms with E-state index in [2.05, 4.69) is 62.0 Å². The molecule has 1 fully saturated rings. The molecular weight excluding hydrogens is 324 g/mol. The average molecular weight is 350 g/mol. The van der Waals surface area contributed by atoms with Crippen molar-refractivity contribution in [2.24, 2.45) is 7.05 Å². The van der Waals surface area contributed by atoms with Crippen molar-refractivity contribution in [2.75, 3.05) is 19.6 Å². The third-order valence-electron chi connectivity index (χ3n) is 5.31. The van der Waals surface area contributed by atoms with Crippen LogP contribution in [0.3, 0.4) is 0 Å². The summed E-state index contributed by atoms with van der Waals surface area (Å²) in [5, 5.41) is 8.96. The molecule has 0 aliphatic carbocycles. The summed E-state index contributed by atoms with van der Waals surface area (Å²) in [5.74, 6) is 2.57. The maximum Gasteiger partial charge on any atom is 0.152 e. The van der Waals surface area contributed by atoms with Gasteiger partial charge in [0.1, 0.15) is 5.82 Å². The van der Waals surface area contributed by atoms with Crippen molar-refractivity contribution in [3.05, 3.63) is 66.3 Å². The Kier molecular flexibility index (Phi) is 5.11. The fourth-order valence-electron chi connectivity index (χ4n) is 3.81. The van der Waals surface area contributed by atoms with Gasteiger partial charge in [-0.1, -0.05) is 30.3 Å². The van der Waals surface area contributed by atoms with Gasteiger partial charge in [0.15, 0.2) is 5.82 Å². The number of benzene rings is 1. The predicted octanol–water partition coefficient (Wildman–Crippen LogP) is 2.48. The number of rotatable bonds is 6. The van der Waals surface area contributed by atoms with Gasteiger partial charge in [-0.3, -0.25) is 0 Å². The molecule has 0 bridgehead atoms. The first kappa shape index (κ1) is 17.0. The van der Waals surface area contributed by atoms with Crippen LogP contribution in [-0.4, -0.2) is 48.8 Å². The molecule has 6 nitrogen and oxygen atoms in total. The minimum Gasteiger partial charge on any atom is -0.330 e. The highest BCUT2D eigenvalue weighted by atomic mass is 15.3. The van der Waals surface area contributed by atoms with E-state index in [0.29, 0.717) is 12.5 Å². The zero-order valence-corrected chi connectivity index (χ0v) is 15.3. The molecule has 136 valence electrons. The van der Waals surface area contributed by atoms with Crippen LogP contribution in [0.1, 0.15) is 36.0 Å². The van der Waals surface area contributed by atoms with Gasteiger partial charge in [0.25, 0.3) is 0 Å². The summed E-state index contributed by atoms with van der Waals surface area (Å²) < 4.78 is 4.20. The van der Waals surface area contributed by atoms with Crippen LogP contribution in [-0.2, 0) is 20.0 Å². The molecule has 3 heterocycles. The molecule has 3 aromatic rings. The summed E-state index contributed by atoms with van der Waals surface area (Å²) in [4.78, 5) is 6.67. The van der Waals surface area contributed by atoms with Crippen LogP contribution < -0.4 is 0 Å². The fourth-order valence-corrected chi connectivity index (χ4v) is 3.81. The van der Waals surface area contributed by atoms with Gasteiger partial charge in [-0.25, -0.2) is 4.98 Å². The van der Waals surface area contributed by atoms with Crippen molar-refractivity contribution in [3.8, 4) is 0 Å². The van der Waals surface area contributed by atoms with Gasteiger partial charge in [0.2, 0.25) is 0 Å². The van der Waals surface area contributed by atoms with E-state index in [1.54, 1.807) is 6.20 Å². The molecule has 1 aromatic carbocycles. The number of piperidine rings is 1. The van der Waals surface area contributed by atoms with Crippen molar-refractivity contribution in [2.45, 2.75) is 31.7 Å². The summed E-state index contributed by atoms with van der Waals surface area (Å²) in [5.41, 5.74) is 1.41. The van der Waals surface area contributed by atoms with E-state index in [-0.39, 0.29) is 0 Å². The first-order chi connectivity index (χ1) is 12.8. The van der Waals surface area contributed by atoms with Gasteiger partial charge in [0.05, 0.1) is 12.9 Å². The Morgan fingerprint density at radius 3 is 2.85 bits per heavy atom. The molecule has 2 aromatic heterocycles. The van der Waals surface area contributed by atoms with E-state index >= 15 is 0 Å². The summed E-state index contributed by atoms with van der Waals surface area (Å²) in [6.45, 7) is 4.08. The molecule has 0 N–H and O–H groups in total. The van der Waals surface area contributed by atoms with E-state index in [1.807, 2.05) is 17.1 Å². The molecule has 1 atom stereocenters. The number of hydrogen-bond donors (Lipinski definition) is 0. The second-order valence-corrected chi connectivity index (χ2v) is 7.14. The molecular formula is C20H26N6. The monoisotopic (exact) mass is 350 g/mol. The Morgan fingerprint density at radius 2 is 2.04 bits per heavy atom. The lowest BCUT2D eigenvalue weighted by atomic mass is 9.96. The number of hydrogen-bond acceptors (Lipinski definition) is 4. The summed E-state index contributed by atoms with van der Waals surface area (Å²) in [7, 11) is 2.09. The van der Waals surface area contributed by atoms with Gasteiger partial charge < -0.3 is 14.0 Å². The second kappa shape index (κ2) is 7.83. The van der Waals surface area contributed by atoms with Crippen molar-refractivity contribution in [1.82, 2.24) is 29.2 Å². The molecule has 26 heavy (non-hydrogen) atoms. The fraction of sp³-hybridized carbons (Fsp3) is 0.450. The van der Waals surface area contributed by atoms with Crippen LogP contribution in [0, 0.1) is 0 Å². The first-order valence-electron chi connectivity index (χ1n) is 9.40. The quantitative estimate of drug-likeness (QED) is 0.685. The Hall–Kier alpha value is -2.47. The van der Waals surface area contributed by atoms with Crippen molar-refractivity contribution >= 4 is 0 Å². The summed E-state index contributed by atoms with van der Waals surface area (Å²) in [6, 6.07) is 10.8. The Labute approximate surface area is 154 Å². The number of imidazole rings is 1. The zero-order valence-electron chi connectivity index (χ0n) is 15.3. The Bertz CT molecular complexity index is 808. The van der Waals surface area contributed by atoms with E-state index in [4.69, 9.17) is 0 Å². The lowest BCUT2D eigenvalue weighted by molar-refractivity contribution is 0.204. The van der Waals surface area contributed by atoms with Gasteiger partial charge in [-0.2, -0.15) is 0 Å². The number of likely N-dealkylation sites (tertiary alicyclic amines) is 1. The van der Waals surface area contributed by atoms with Crippen LogP contribution in [0.5, 0.6) is 0 Å². The smallest absolute Gasteiger partial charge is 0.152 e. The zero-order chi connectivity index (χ0) is 17.8. The number of nitrogens with zero attached hydrogens (tertiary/aromatic N) is 6. The van der Waals surface area contributed by atoms with Crippen molar-refractivity contribution in [3.63, 3.8) is 0 Å². The highest BCUT2D eigenvalue weighted by Gasteiger charge is 2.25. The molecule has 0 unspecified atom stereocenters. The molecule has 0 saturated carbocycles. The molecule has 1 aliphatic rings. The molecule has 0 amide bonds. The van der Waals surface area contributed by atoms with Crippen LogP contribution in [0.15, 0.2) is 49.1 Å². The minimum atomic E-state index is 0.466. The van der Waals surface area contributed by atoms with E-state index in [0.717, 1.165) is 31.2 Å². The maximum atomic E-state index is 4.53. The van der Waals surface area contributed by atoms with E-state index in [1.165, 1.54) is 24.9 Å². The average Bonchev–Trinajstić information content (AvgIpc) is 3.32. The molecule has 0 radical (unpaired) electrons. The predicted molar refractivity (Wildman–Crippen MR) is 101 cm³/mol. The lowest BCUT2D eigenvalue weighted by Gasteiger charge is -2.32. The standard InChI is InChI=1S/C20H26N6/c1-24-19(15-26-13-10-21-16-26)22-23-20(24)18-8-5-11-25(14-18)12-9-17-6-3-2-4-7-17/h2-4,6-7,10,13,16,18H,5,8-9,11-12,14-15H2,1H3/t18-/m1/s1. The van der Waals surface area contributed by atoms with Crippen LogP contribution >= 0.6 is 0 Å². The van der Waals surface area contributed by atoms with E-state index < -0.39 is 0 Å². The molecule has 6 heteroatoms. The highest BCUT2D eigenvalue weighted by Crippen LogP contribution is 2.26. The molecule has 1 aliphatic heterocycles. The largest absolute Gasteiger partial charge is 0.330 e. The van der Waals surface area contributed by atoms with Crippen LogP contribution in [0.2, 0.25) is 0 Å². The summed E-state index contributed by atoms with van der Waals surface area (Å²) in [6.07, 6.45) is 9.10. The third-order valence-corrected chi connectivity index (χ3v) is 5.31. The minimum absolute atomic E-state index is 0.466.